The molecule has 11 heteroatoms. The van der Waals surface area contributed by atoms with Gasteiger partial charge in [-0.3, -0.25) is 0 Å². The van der Waals surface area contributed by atoms with Gasteiger partial charge in [0.25, 0.3) is 0 Å². The largest absolute Gasteiger partial charge is 0.471 e. The van der Waals surface area contributed by atoms with E-state index in [-0.39, 0.29) is 0 Å². The van der Waals surface area contributed by atoms with Gasteiger partial charge in [-0.05, 0) is 52.2 Å². The van der Waals surface area contributed by atoms with Gasteiger partial charge < -0.3 is 31.8 Å². The molecule has 0 aliphatic carbocycles. The van der Waals surface area contributed by atoms with E-state index in [1.54, 1.807) is 0 Å². The van der Waals surface area contributed by atoms with Gasteiger partial charge in [0.05, 0.1) is 0 Å². The molecule has 0 bridgehead atoms. The summed E-state index contributed by atoms with van der Waals surface area (Å²) in [5.41, 5.74) is 5.82. The smallest absolute Gasteiger partial charge is 0.408 e. The first-order valence-corrected chi connectivity index (χ1v) is 15.9. The molecular formula is C15H44N4O3Si4. The van der Waals surface area contributed by atoms with Gasteiger partial charge in [-0.25, -0.2) is 0 Å². The van der Waals surface area contributed by atoms with Crippen LogP contribution in [0.4, 0.5) is 0 Å². The van der Waals surface area contributed by atoms with Crippen molar-refractivity contribution in [3.63, 3.8) is 0 Å². The van der Waals surface area contributed by atoms with Crippen molar-refractivity contribution in [2.24, 2.45) is 5.73 Å². The molecule has 0 unspecified atom stereocenters. The average Bonchev–Trinajstić information content (AvgIpc) is 2.68. The average molecular weight is 441 g/mol. The van der Waals surface area contributed by atoms with Crippen LogP contribution in [-0.4, -0.2) is 98.1 Å². The number of nitrogens with zero attached hydrogens (tertiary/aromatic N) is 3. The second-order valence-electron chi connectivity index (χ2n) is 6.31. The van der Waals surface area contributed by atoms with E-state index in [0.29, 0.717) is 6.54 Å². The summed E-state index contributed by atoms with van der Waals surface area (Å²) in [7, 11) is -5.05. The van der Waals surface area contributed by atoms with Crippen LogP contribution in [0.15, 0.2) is 0 Å². The fraction of sp³-hybridized carbons (Fsp3) is 1.00. The minimum atomic E-state index is -2.62. The Morgan fingerprint density at radius 3 is 1.19 bits per heavy atom. The van der Waals surface area contributed by atoms with Crippen LogP contribution in [0, 0.1) is 0 Å². The van der Waals surface area contributed by atoms with E-state index >= 15 is 0 Å². The van der Waals surface area contributed by atoms with Crippen LogP contribution < -0.4 is 5.73 Å². The minimum Gasteiger partial charge on any atom is -0.408 e. The first-order valence-electron chi connectivity index (χ1n) is 10.3. The summed E-state index contributed by atoms with van der Waals surface area (Å²) in [5.74, 6) is 0. The molecule has 158 valence electrons. The third-order valence-corrected chi connectivity index (χ3v) is 16.3. The van der Waals surface area contributed by atoms with Gasteiger partial charge in [0.2, 0.25) is 29.8 Å². The van der Waals surface area contributed by atoms with Crippen molar-refractivity contribution in [1.29, 1.82) is 0 Å². The molecule has 0 fully saturated rings. The second kappa shape index (κ2) is 16.5. The highest BCUT2D eigenvalue weighted by Crippen LogP contribution is 2.18. The fourth-order valence-corrected chi connectivity index (χ4v) is 13.7. The fourth-order valence-electron chi connectivity index (χ4n) is 2.45. The lowest BCUT2D eigenvalue weighted by molar-refractivity contribution is 0.234. The van der Waals surface area contributed by atoms with E-state index in [1.165, 1.54) is 0 Å². The first-order chi connectivity index (χ1) is 12.5. The molecule has 2 N–H and O–H groups in total. The number of hydrogen-bond donors (Lipinski definition) is 1. The van der Waals surface area contributed by atoms with Gasteiger partial charge in [-0.2, -0.15) is 0 Å². The Hall–Kier alpha value is 0.588. The standard InChI is InChI=1S/C15H44N4O3Si4/c1-7-17(8-2)23-20-26(15-13-14-16,21-24-18(9-3)10-4)22-25-19(11-5)12-6/h7-16,23-25H2,1-6H3. The SMILES string of the molecule is CCN(CC)[SiH2]O[Si](CCCN)(O[SiH2]N(CC)CC)O[SiH2]N(CC)CC. The Kier molecular flexibility index (Phi) is 16.9. The van der Waals surface area contributed by atoms with E-state index < -0.39 is 38.6 Å². The van der Waals surface area contributed by atoms with Gasteiger partial charge >= 0.3 is 8.80 Å². The minimum absolute atomic E-state index is 0.664. The Morgan fingerprint density at radius 2 is 0.962 bits per heavy atom. The van der Waals surface area contributed by atoms with E-state index in [0.717, 1.165) is 51.7 Å². The Labute approximate surface area is 170 Å². The highest BCUT2D eigenvalue weighted by Gasteiger charge is 2.40. The molecule has 0 atom stereocenters. The summed E-state index contributed by atoms with van der Waals surface area (Å²) in [6.07, 6.45) is 0.915. The third kappa shape index (κ3) is 10.8. The van der Waals surface area contributed by atoms with E-state index in [9.17, 15) is 0 Å². The monoisotopic (exact) mass is 440 g/mol. The van der Waals surface area contributed by atoms with Crippen LogP contribution >= 0.6 is 0 Å². The number of nitrogens with two attached hydrogens (primary N) is 1. The maximum atomic E-state index is 6.57. The summed E-state index contributed by atoms with van der Waals surface area (Å²) >= 11 is 0. The van der Waals surface area contributed by atoms with Crippen molar-refractivity contribution in [3.8, 4) is 0 Å². The van der Waals surface area contributed by atoms with Gasteiger partial charge in [0, 0.05) is 6.04 Å². The van der Waals surface area contributed by atoms with Crippen LogP contribution in [0.5, 0.6) is 0 Å². The van der Waals surface area contributed by atoms with Crippen molar-refractivity contribution < 1.29 is 12.3 Å². The first kappa shape index (κ1) is 26.6. The Balaban J connectivity index is 5.17. The topological polar surface area (TPSA) is 63.4 Å². The van der Waals surface area contributed by atoms with Crippen LogP contribution in [0.25, 0.3) is 0 Å². The molecule has 0 saturated heterocycles. The molecule has 0 radical (unpaired) electrons. The van der Waals surface area contributed by atoms with Gasteiger partial charge in [0.1, 0.15) is 0 Å². The highest BCUT2D eigenvalue weighted by atomic mass is 28.5. The molecule has 0 aliphatic heterocycles. The van der Waals surface area contributed by atoms with Crippen LogP contribution in [0.3, 0.4) is 0 Å². The molecule has 0 rings (SSSR count). The normalized spacial score (nSPS) is 15.9. The predicted molar refractivity (Wildman–Crippen MR) is 122 cm³/mol. The highest BCUT2D eigenvalue weighted by molar-refractivity contribution is 6.73. The van der Waals surface area contributed by atoms with Crippen molar-refractivity contribution >= 4 is 38.6 Å². The summed E-state index contributed by atoms with van der Waals surface area (Å²) in [6.45, 7) is 20.0. The van der Waals surface area contributed by atoms with Crippen LogP contribution in [-0.2, 0) is 12.3 Å². The number of hydrogen-bond acceptors (Lipinski definition) is 7. The molecule has 0 spiro atoms. The zero-order chi connectivity index (χ0) is 19.8. The van der Waals surface area contributed by atoms with Gasteiger partial charge in [-0.1, -0.05) is 41.5 Å². The summed E-state index contributed by atoms with van der Waals surface area (Å²) < 4.78 is 27.0. The summed E-state index contributed by atoms with van der Waals surface area (Å²) in [5, 5.41) is 0. The molecule has 0 aromatic carbocycles. The zero-order valence-electron chi connectivity index (χ0n) is 18.1. The Bertz CT molecular complexity index is 282. The molecule has 0 saturated carbocycles. The lowest BCUT2D eigenvalue weighted by Crippen LogP contribution is -2.55. The Morgan fingerprint density at radius 1 is 0.654 bits per heavy atom. The summed E-state index contributed by atoms with van der Waals surface area (Å²) in [4.78, 5) is 0. The zero-order valence-corrected chi connectivity index (χ0v) is 23.4. The van der Waals surface area contributed by atoms with E-state index in [1.807, 2.05) is 0 Å². The lowest BCUT2D eigenvalue weighted by atomic mass is 10.5. The van der Waals surface area contributed by atoms with E-state index in [4.69, 9.17) is 18.1 Å². The molecule has 7 nitrogen and oxygen atoms in total. The molecule has 0 aliphatic rings. The van der Waals surface area contributed by atoms with Crippen molar-refractivity contribution in [2.45, 2.75) is 54.0 Å². The van der Waals surface area contributed by atoms with Gasteiger partial charge in [0.15, 0.2) is 0 Å². The maximum absolute atomic E-state index is 6.57. The third-order valence-electron chi connectivity index (χ3n) is 4.77. The molecular weight excluding hydrogens is 397 g/mol. The molecule has 0 aromatic rings. The van der Waals surface area contributed by atoms with E-state index in [2.05, 4.69) is 55.2 Å². The summed E-state index contributed by atoms with van der Waals surface area (Å²) in [6, 6.07) is 0.861. The van der Waals surface area contributed by atoms with Crippen molar-refractivity contribution in [3.05, 3.63) is 0 Å². The maximum Gasteiger partial charge on any atom is 0.471 e. The second-order valence-corrected chi connectivity index (χ2v) is 15.1. The molecule has 26 heavy (non-hydrogen) atoms. The van der Waals surface area contributed by atoms with Crippen LogP contribution in [0.1, 0.15) is 48.0 Å². The molecule has 0 aromatic heterocycles. The van der Waals surface area contributed by atoms with Crippen molar-refractivity contribution in [2.75, 3.05) is 45.8 Å². The number of rotatable bonds is 18. The van der Waals surface area contributed by atoms with Crippen molar-refractivity contribution in [1.82, 2.24) is 13.7 Å². The molecule has 0 amide bonds. The van der Waals surface area contributed by atoms with Gasteiger partial charge in [-0.15, -0.1) is 0 Å². The lowest BCUT2D eigenvalue weighted by Gasteiger charge is -2.35. The molecule has 0 heterocycles. The quantitative estimate of drug-likeness (QED) is 0.284. The van der Waals surface area contributed by atoms with Crippen LogP contribution in [0.2, 0.25) is 6.04 Å². The predicted octanol–water partition coefficient (Wildman–Crippen LogP) is -0.654.